The first kappa shape index (κ1) is 13.0. The Kier molecular flexibility index (Phi) is 3.81. The SMILES string of the molecule is Clc1cccc(N2CCC(c3cccc(Br)c3)C2)c1. The molecule has 0 bridgehead atoms. The molecule has 0 aromatic heterocycles. The lowest BCUT2D eigenvalue weighted by molar-refractivity contribution is 0.774. The van der Waals surface area contributed by atoms with Crippen molar-refractivity contribution in [2.75, 3.05) is 18.0 Å². The Labute approximate surface area is 127 Å². The second-order valence-corrected chi connectivity index (χ2v) is 6.32. The Morgan fingerprint density at radius 2 is 1.95 bits per heavy atom. The van der Waals surface area contributed by atoms with Crippen molar-refractivity contribution in [1.82, 2.24) is 0 Å². The third-order valence-corrected chi connectivity index (χ3v) is 4.41. The Balaban J connectivity index is 1.77. The molecule has 1 aliphatic rings. The predicted molar refractivity (Wildman–Crippen MR) is 85.2 cm³/mol. The highest BCUT2D eigenvalue weighted by Crippen LogP contribution is 2.32. The van der Waals surface area contributed by atoms with E-state index in [1.54, 1.807) is 0 Å². The summed E-state index contributed by atoms with van der Waals surface area (Å²) in [5.41, 5.74) is 2.64. The van der Waals surface area contributed by atoms with Gasteiger partial charge in [0.15, 0.2) is 0 Å². The predicted octanol–water partition coefficient (Wildman–Crippen LogP) is 5.10. The van der Waals surface area contributed by atoms with Gasteiger partial charge < -0.3 is 4.90 Å². The smallest absolute Gasteiger partial charge is 0.0426 e. The van der Waals surface area contributed by atoms with E-state index in [4.69, 9.17) is 11.6 Å². The summed E-state index contributed by atoms with van der Waals surface area (Å²) < 4.78 is 1.16. The first-order valence-corrected chi connectivity index (χ1v) is 7.65. The van der Waals surface area contributed by atoms with Gasteiger partial charge in [0, 0.05) is 34.2 Å². The molecule has 19 heavy (non-hydrogen) atoms. The molecule has 3 rings (SSSR count). The Morgan fingerprint density at radius 1 is 1.11 bits per heavy atom. The zero-order valence-electron chi connectivity index (χ0n) is 10.5. The van der Waals surface area contributed by atoms with Crippen molar-refractivity contribution >= 4 is 33.2 Å². The van der Waals surface area contributed by atoms with E-state index in [0.717, 1.165) is 22.6 Å². The molecule has 0 amide bonds. The molecule has 0 spiro atoms. The number of benzene rings is 2. The zero-order chi connectivity index (χ0) is 13.2. The van der Waals surface area contributed by atoms with E-state index >= 15 is 0 Å². The monoisotopic (exact) mass is 335 g/mol. The average Bonchev–Trinajstić information content (AvgIpc) is 2.88. The van der Waals surface area contributed by atoms with Gasteiger partial charge in [-0.25, -0.2) is 0 Å². The molecule has 98 valence electrons. The standard InChI is InChI=1S/C16H15BrClN/c17-14-4-1-3-12(9-14)13-7-8-19(11-13)16-6-2-5-15(18)10-16/h1-6,9-10,13H,7-8,11H2. The van der Waals surface area contributed by atoms with E-state index in [1.807, 2.05) is 18.2 Å². The van der Waals surface area contributed by atoms with Crippen molar-refractivity contribution in [3.63, 3.8) is 0 Å². The van der Waals surface area contributed by atoms with Gasteiger partial charge in [-0.2, -0.15) is 0 Å². The van der Waals surface area contributed by atoms with Crippen LogP contribution in [0, 0.1) is 0 Å². The maximum Gasteiger partial charge on any atom is 0.0426 e. The molecule has 3 heteroatoms. The molecule has 1 fully saturated rings. The molecule has 2 aromatic rings. The lowest BCUT2D eigenvalue weighted by atomic mass is 9.99. The first-order valence-electron chi connectivity index (χ1n) is 6.48. The van der Waals surface area contributed by atoms with Crippen LogP contribution in [0.25, 0.3) is 0 Å². The zero-order valence-corrected chi connectivity index (χ0v) is 12.9. The molecule has 1 atom stereocenters. The molecule has 0 saturated carbocycles. The molecule has 1 aliphatic heterocycles. The average molecular weight is 337 g/mol. The van der Waals surface area contributed by atoms with Gasteiger partial charge in [-0.1, -0.05) is 45.7 Å². The van der Waals surface area contributed by atoms with Crippen molar-refractivity contribution in [2.24, 2.45) is 0 Å². The Morgan fingerprint density at radius 3 is 2.74 bits per heavy atom. The van der Waals surface area contributed by atoms with Crippen LogP contribution in [0.5, 0.6) is 0 Å². The third kappa shape index (κ3) is 2.96. The number of halogens is 2. The summed E-state index contributed by atoms with van der Waals surface area (Å²) in [5, 5.41) is 0.809. The summed E-state index contributed by atoms with van der Waals surface area (Å²) in [5.74, 6) is 0.608. The summed E-state index contributed by atoms with van der Waals surface area (Å²) in [6, 6.07) is 16.8. The summed E-state index contributed by atoms with van der Waals surface area (Å²) in [4.78, 5) is 2.41. The van der Waals surface area contributed by atoms with Crippen LogP contribution in [0.15, 0.2) is 53.0 Å². The van der Waals surface area contributed by atoms with Crippen LogP contribution in [0.2, 0.25) is 5.02 Å². The fraction of sp³-hybridized carbons (Fsp3) is 0.250. The lowest BCUT2D eigenvalue weighted by Crippen LogP contribution is -2.18. The Hall–Kier alpha value is -0.990. The van der Waals surface area contributed by atoms with E-state index < -0.39 is 0 Å². The van der Waals surface area contributed by atoms with Crippen molar-refractivity contribution in [3.8, 4) is 0 Å². The van der Waals surface area contributed by atoms with Crippen LogP contribution in [0.4, 0.5) is 5.69 Å². The molecular formula is C16H15BrClN. The number of anilines is 1. The summed E-state index contributed by atoms with van der Waals surface area (Å²) in [6.07, 6.45) is 1.20. The van der Waals surface area contributed by atoms with Crippen LogP contribution in [-0.2, 0) is 0 Å². The van der Waals surface area contributed by atoms with Crippen molar-refractivity contribution in [2.45, 2.75) is 12.3 Å². The van der Waals surface area contributed by atoms with Gasteiger partial charge in [-0.3, -0.25) is 0 Å². The minimum Gasteiger partial charge on any atom is -0.371 e. The highest BCUT2D eigenvalue weighted by molar-refractivity contribution is 9.10. The van der Waals surface area contributed by atoms with Crippen LogP contribution in [-0.4, -0.2) is 13.1 Å². The molecule has 0 aliphatic carbocycles. The second-order valence-electron chi connectivity index (χ2n) is 4.97. The molecular weight excluding hydrogens is 322 g/mol. The minimum absolute atomic E-state index is 0.608. The summed E-state index contributed by atoms with van der Waals surface area (Å²) in [6.45, 7) is 2.16. The lowest BCUT2D eigenvalue weighted by Gasteiger charge is -2.19. The van der Waals surface area contributed by atoms with Gasteiger partial charge in [0.1, 0.15) is 0 Å². The van der Waals surface area contributed by atoms with Gasteiger partial charge in [-0.15, -0.1) is 0 Å². The van der Waals surface area contributed by atoms with Gasteiger partial charge in [0.25, 0.3) is 0 Å². The number of nitrogens with zero attached hydrogens (tertiary/aromatic N) is 1. The van der Waals surface area contributed by atoms with E-state index in [9.17, 15) is 0 Å². The maximum atomic E-state index is 6.06. The maximum absolute atomic E-state index is 6.06. The molecule has 1 unspecified atom stereocenters. The normalized spacial score (nSPS) is 18.8. The summed E-state index contributed by atoms with van der Waals surface area (Å²) in [7, 11) is 0. The molecule has 1 heterocycles. The van der Waals surface area contributed by atoms with Crippen LogP contribution >= 0.6 is 27.5 Å². The van der Waals surface area contributed by atoms with Gasteiger partial charge in [0.2, 0.25) is 0 Å². The van der Waals surface area contributed by atoms with Crippen molar-refractivity contribution in [3.05, 3.63) is 63.6 Å². The minimum atomic E-state index is 0.608. The fourth-order valence-corrected chi connectivity index (χ4v) is 3.30. The van der Waals surface area contributed by atoms with E-state index in [2.05, 4.69) is 51.2 Å². The van der Waals surface area contributed by atoms with Crippen molar-refractivity contribution < 1.29 is 0 Å². The number of hydrogen-bond donors (Lipinski definition) is 0. The van der Waals surface area contributed by atoms with Crippen molar-refractivity contribution in [1.29, 1.82) is 0 Å². The molecule has 1 saturated heterocycles. The van der Waals surface area contributed by atoms with Gasteiger partial charge in [0.05, 0.1) is 0 Å². The first-order chi connectivity index (χ1) is 9.22. The second kappa shape index (κ2) is 5.56. The fourth-order valence-electron chi connectivity index (χ4n) is 2.70. The van der Waals surface area contributed by atoms with Crippen LogP contribution < -0.4 is 4.90 Å². The highest BCUT2D eigenvalue weighted by Gasteiger charge is 2.24. The van der Waals surface area contributed by atoms with Gasteiger partial charge in [-0.05, 0) is 42.3 Å². The number of rotatable bonds is 2. The topological polar surface area (TPSA) is 3.24 Å². The van der Waals surface area contributed by atoms with Gasteiger partial charge >= 0.3 is 0 Å². The van der Waals surface area contributed by atoms with Crippen LogP contribution in [0.1, 0.15) is 17.9 Å². The quantitative estimate of drug-likeness (QED) is 0.738. The molecule has 1 nitrogen and oxygen atoms in total. The summed E-state index contributed by atoms with van der Waals surface area (Å²) >= 11 is 9.61. The molecule has 2 aromatic carbocycles. The number of hydrogen-bond acceptors (Lipinski definition) is 1. The van der Waals surface area contributed by atoms with E-state index in [1.165, 1.54) is 17.7 Å². The third-order valence-electron chi connectivity index (χ3n) is 3.68. The highest BCUT2D eigenvalue weighted by atomic mass is 79.9. The van der Waals surface area contributed by atoms with E-state index in [-0.39, 0.29) is 0 Å². The largest absolute Gasteiger partial charge is 0.371 e. The van der Waals surface area contributed by atoms with Crippen LogP contribution in [0.3, 0.4) is 0 Å². The molecule has 0 radical (unpaired) electrons. The molecule has 0 N–H and O–H groups in total. The van der Waals surface area contributed by atoms with E-state index in [0.29, 0.717) is 5.92 Å². The Bertz CT molecular complexity index is 533.